The lowest BCUT2D eigenvalue weighted by molar-refractivity contribution is -0.384. The van der Waals surface area contributed by atoms with E-state index in [2.05, 4.69) is 4.90 Å². The Hall–Kier alpha value is -3.72. The summed E-state index contributed by atoms with van der Waals surface area (Å²) in [6.45, 7) is 4.27. The van der Waals surface area contributed by atoms with E-state index in [1.165, 1.54) is 23.5 Å². The minimum Gasteiger partial charge on any atom is -0.422 e. The predicted octanol–water partition coefficient (Wildman–Crippen LogP) is 4.19. The molecule has 2 aromatic carbocycles. The molecular formula is C23H19N3O5S. The van der Waals surface area contributed by atoms with Gasteiger partial charge in [-0.1, -0.05) is 11.6 Å². The van der Waals surface area contributed by atoms with E-state index in [1.54, 1.807) is 29.2 Å². The summed E-state index contributed by atoms with van der Waals surface area (Å²) in [5.74, 6) is -0.102. The van der Waals surface area contributed by atoms with Crippen molar-refractivity contribution < 1.29 is 14.1 Å². The summed E-state index contributed by atoms with van der Waals surface area (Å²) in [6.07, 6.45) is 0. The maximum absolute atomic E-state index is 13.2. The number of nitrogens with zero attached hydrogens (tertiary/aromatic N) is 3. The first kappa shape index (κ1) is 20.2. The minimum atomic E-state index is -0.436. The summed E-state index contributed by atoms with van der Waals surface area (Å²) in [4.78, 5) is 40.4. The second-order valence-corrected chi connectivity index (χ2v) is 8.85. The molecule has 1 fully saturated rings. The third-order valence-electron chi connectivity index (χ3n) is 5.74. The molecule has 0 aliphatic carbocycles. The van der Waals surface area contributed by atoms with Crippen molar-refractivity contribution in [2.45, 2.75) is 6.92 Å². The van der Waals surface area contributed by atoms with Crippen molar-refractivity contribution in [1.29, 1.82) is 0 Å². The molecule has 3 heterocycles. The monoisotopic (exact) mass is 449 g/mol. The third kappa shape index (κ3) is 3.50. The average molecular weight is 449 g/mol. The van der Waals surface area contributed by atoms with Gasteiger partial charge in [-0.3, -0.25) is 14.9 Å². The van der Waals surface area contributed by atoms with Crippen LogP contribution in [0.2, 0.25) is 0 Å². The molecule has 0 radical (unpaired) electrons. The second-order valence-electron chi connectivity index (χ2n) is 7.80. The minimum absolute atomic E-state index is 0.0551. The highest BCUT2D eigenvalue weighted by molar-refractivity contribution is 7.21. The number of hydrogen-bond acceptors (Lipinski definition) is 7. The standard InChI is InChI=1S/C23H19N3O5S/c1-14-2-7-19-17(12-14)21-18(23(28)31-19)13-20(32-21)22(27)25-10-8-24(9-11-25)15-3-5-16(6-4-15)26(29)30/h2-7,12-13H,8-11H2,1H3. The molecule has 0 atom stereocenters. The Morgan fingerprint density at radius 3 is 2.44 bits per heavy atom. The summed E-state index contributed by atoms with van der Waals surface area (Å²) < 4.78 is 6.20. The van der Waals surface area contributed by atoms with Gasteiger partial charge in [0, 0.05) is 49.4 Å². The molecule has 1 aliphatic rings. The molecule has 8 nitrogen and oxygen atoms in total. The van der Waals surface area contributed by atoms with E-state index in [0.29, 0.717) is 42.0 Å². The highest BCUT2D eigenvalue weighted by Gasteiger charge is 2.25. The van der Waals surface area contributed by atoms with Gasteiger partial charge >= 0.3 is 5.63 Å². The summed E-state index contributed by atoms with van der Waals surface area (Å²) in [7, 11) is 0. The number of hydrogen-bond donors (Lipinski definition) is 0. The van der Waals surface area contributed by atoms with Gasteiger partial charge in [0.1, 0.15) is 5.58 Å². The van der Waals surface area contributed by atoms with Crippen molar-refractivity contribution in [3.05, 3.63) is 79.5 Å². The molecule has 1 aliphatic heterocycles. The zero-order valence-electron chi connectivity index (χ0n) is 17.2. The summed E-state index contributed by atoms with van der Waals surface area (Å²) >= 11 is 1.32. The number of thiophene rings is 1. The average Bonchev–Trinajstić information content (AvgIpc) is 3.26. The summed E-state index contributed by atoms with van der Waals surface area (Å²) in [6, 6.07) is 13.7. The number of aryl methyl sites for hydroxylation is 1. The fraction of sp³-hybridized carbons (Fsp3) is 0.217. The first-order valence-corrected chi connectivity index (χ1v) is 11.0. The number of benzene rings is 2. The maximum atomic E-state index is 13.2. The number of piperazine rings is 1. The number of nitro benzene ring substituents is 1. The second kappa shape index (κ2) is 7.76. The van der Waals surface area contributed by atoms with Crippen molar-refractivity contribution in [2.24, 2.45) is 0 Å². The van der Waals surface area contributed by atoms with Crippen molar-refractivity contribution >= 4 is 49.7 Å². The van der Waals surface area contributed by atoms with Gasteiger partial charge in [0.25, 0.3) is 11.6 Å². The quantitative estimate of drug-likeness (QED) is 0.264. The van der Waals surface area contributed by atoms with E-state index in [4.69, 9.17) is 4.42 Å². The number of carbonyl (C=O) groups excluding carboxylic acids is 1. The summed E-state index contributed by atoms with van der Waals surface area (Å²) in [5.41, 5.74) is 2.08. The molecule has 0 saturated carbocycles. The van der Waals surface area contributed by atoms with Crippen LogP contribution >= 0.6 is 11.3 Å². The Labute approximate surface area is 186 Å². The van der Waals surface area contributed by atoms with Gasteiger partial charge in [0.05, 0.1) is 19.9 Å². The zero-order valence-corrected chi connectivity index (χ0v) is 18.1. The first-order chi connectivity index (χ1) is 15.4. The van der Waals surface area contributed by atoms with E-state index in [1.807, 2.05) is 19.1 Å². The lowest BCUT2D eigenvalue weighted by atomic mass is 10.1. The molecule has 0 bridgehead atoms. The normalized spacial score (nSPS) is 14.3. The van der Waals surface area contributed by atoms with Crippen molar-refractivity contribution in [1.82, 2.24) is 4.90 Å². The topological polar surface area (TPSA) is 96.9 Å². The molecule has 1 amide bonds. The molecular weight excluding hydrogens is 430 g/mol. The van der Waals surface area contributed by atoms with E-state index in [0.717, 1.165) is 21.3 Å². The van der Waals surface area contributed by atoms with Crippen LogP contribution in [0.4, 0.5) is 11.4 Å². The number of amides is 1. The highest BCUT2D eigenvalue weighted by atomic mass is 32.1. The van der Waals surface area contributed by atoms with Crippen molar-refractivity contribution in [3.63, 3.8) is 0 Å². The van der Waals surface area contributed by atoms with Crippen molar-refractivity contribution in [2.75, 3.05) is 31.1 Å². The van der Waals surface area contributed by atoms with Gasteiger partial charge in [-0.15, -0.1) is 11.3 Å². The van der Waals surface area contributed by atoms with Crippen LogP contribution in [0.15, 0.2) is 57.7 Å². The zero-order chi connectivity index (χ0) is 22.4. The molecule has 5 rings (SSSR count). The van der Waals surface area contributed by atoms with Crippen LogP contribution in [0.5, 0.6) is 0 Å². The first-order valence-electron chi connectivity index (χ1n) is 10.2. The smallest absolute Gasteiger partial charge is 0.345 e. The van der Waals surface area contributed by atoms with Crippen LogP contribution in [-0.4, -0.2) is 41.9 Å². The largest absolute Gasteiger partial charge is 0.422 e. The lowest BCUT2D eigenvalue weighted by Crippen LogP contribution is -2.48. The lowest BCUT2D eigenvalue weighted by Gasteiger charge is -2.35. The van der Waals surface area contributed by atoms with E-state index < -0.39 is 10.5 Å². The fourth-order valence-electron chi connectivity index (χ4n) is 4.02. The Bertz CT molecular complexity index is 1420. The van der Waals surface area contributed by atoms with Gasteiger partial charge in [-0.2, -0.15) is 0 Å². The Morgan fingerprint density at radius 1 is 1.03 bits per heavy atom. The van der Waals surface area contributed by atoms with Gasteiger partial charge in [0.2, 0.25) is 0 Å². The van der Waals surface area contributed by atoms with Gasteiger partial charge < -0.3 is 14.2 Å². The number of non-ortho nitro benzene ring substituents is 1. The third-order valence-corrected chi connectivity index (χ3v) is 6.89. The molecule has 2 aromatic heterocycles. The molecule has 0 spiro atoms. The number of nitro groups is 1. The SMILES string of the molecule is Cc1ccc2oc(=O)c3cc(C(=O)N4CCN(c5ccc([N+](=O)[O-])cc5)CC4)sc3c2c1. The molecule has 162 valence electrons. The highest BCUT2D eigenvalue weighted by Crippen LogP contribution is 2.32. The number of fused-ring (bicyclic) bond motifs is 3. The molecule has 4 aromatic rings. The van der Waals surface area contributed by atoms with Crippen LogP contribution in [0.3, 0.4) is 0 Å². The predicted molar refractivity (Wildman–Crippen MR) is 124 cm³/mol. The van der Waals surface area contributed by atoms with Crippen molar-refractivity contribution in [3.8, 4) is 0 Å². The fourth-order valence-corrected chi connectivity index (χ4v) is 5.16. The Kier molecular flexibility index (Phi) is 4.90. The van der Waals surface area contributed by atoms with Crippen LogP contribution in [-0.2, 0) is 0 Å². The van der Waals surface area contributed by atoms with Gasteiger partial charge in [-0.25, -0.2) is 4.79 Å². The molecule has 9 heteroatoms. The molecule has 1 saturated heterocycles. The summed E-state index contributed by atoms with van der Waals surface area (Å²) in [5, 5.41) is 12.1. The molecule has 0 unspecified atom stereocenters. The maximum Gasteiger partial charge on any atom is 0.345 e. The van der Waals surface area contributed by atoms with E-state index in [-0.39, 0.29) is 11.6 Å². The number of rotatable bonds is 3. The van der Waals surface area contributed by atoms with Gasteiger partial charge in [-0.05, 0) is 37.3 Å². The van der Waals surface area contributed by atoms with E-state index in [9.17, 15) is 19.7 Å². The number of carbonyl (C=O) groups is 1. The Balaban J connectivity index is 1.36. The van der Waals surface area contributed by atoms with Crippen LogP contribution < -0.4 is 10.5 Å². The molecule has 0 N–H and O–H groups in total. The van der Waals surface area contributed by atoms with Crippen LogP contribution in [0, 0.1) is 17.0 Å². The van der Waals surface area contributed by atoms with Gasteiger partial charge in [0.15, 0.2) is 0 Å². The van der Waals surface area contributed by atoms with Crippen LogP contribution in [0.25, 0.3) is 21.1 Å². The number of anilines is 1. The van der Waals surface area contributed by atoms with Crippen LogP contribution in [0.1, 0.15) is 15.2 Å². The Morgan fingerprint density at radius 2 is 1.75 bits per heavy atom. The van der Waals surface area contributed by atoms with E-state index >= 15 is 0 Å². The molecule has 32 heavy (non-hydrogen) atoms.